The summed E-state index contributed by atoms with van der Waals surface area (Å²) in [6.07, 6.45) is 6.42. The van der Waals surface area contributed by atoms with Crippen LogP contribution >= 0.6 is 11.8 Å². The minimum Gasteiger partial charge on any atom is -0.353 e. The van der Waals surface area contributed by atoms with E-state index in [0.717, 1.165) is 25.7 Å². The highest BCUT2D eigenvalue weighted by Gasteiger charge is 2.37. The third-order valence-corrected chi connectivity index (χ3v) is 5.02. The molecule has 3 N–H and O–H groups in total. The minimum absolute atomic E-state index is 0.146. The maximum absolute atomic E-state index is 11.9. The van der Waals surface area contributed by atoms with Gasteiger partial charge in [-0.1, -0.05) is 6.42 Å². The van der Waals surface area contributed by atoms with Crippen LogP contribution in [0.3, 0.4) is 0 Å². The third kappa shape index (κ3) is 2.92. The Hall–Kier alpha value is -0.220. The van der Waals surface area contributed by atoms with Gasteiger partial charge in [0.15, 0.2) is 0 Å². The van der Waals surface area contributed by atoms with E-state index in [4.69, 9.17) is 5.73 Å². The molecule has 2 rings (SSSR count). The van der Waals surface area contributed by atoms with Gasteiger partial charge in [-0.05, 0) is 49.1 Å². The van der Waals surface area contributed by atoms with Crippen molar-refractivity contribution in [2.24, 2.45) is 11.1 Å². The fraction of sp³-hybridized carbons (Fsp3) is 0.917. The van der Waals surface area contributed by atoms with Crippen LogP contribution in [0, 0.1) is 5.41 Å². The molecule has 0 bridgehead atoms. The molecule has 16 heavy (non-hydrogen) atoms. The lowest BCUT2D eigenvalue weighted by Gasteiger charge is -2.40. The van der Waals surface area contributed by atoms with Crippen molar-refractivity contribution in [2.75, 3.05) is 18.1 Å². The van der Waals surface area contributed by atoms with Gasteiger partial charge in [0.2, 0.25) is 5.91 Å². The van der Waals surface area contributed by atoms with Crippen LogP contribution in [0.5, 0.6) is 0 Å². The van der Waals surface area contributed by atoms with Gasteiger partial charge in [-0.15, -0.1) is 0 Å². The van der Waals surface area contributed by atoms with E-state index in [1.165, 1.54) is 17.9 Å². The molecule has 4 heteroatoms. The highest BCUT2D eigenvalue weighted by molar-refractivity contribution is 7.99. The zero-order valence-corrected chi connectivity index (χ0v) is 10.7. The van der Waals surface area contributed by atoms with Gasteiger partial charge >= 0.3 is 0 Å². The van der Waals surface area contributed by atoms with Crippen LogP contribution in [0.15, 0.2) is 0 Å². The Morgan fingerprint density at radius 2 is 2.06 bits per heavy atom. The molecule has 2 aliphatic rings. The molecular formula is C12H22N2OS. The molecule has 92 valence electrons. The van der Waals surface area contributed by atoms with E-state index in [1.807, 2.05) is 11.8 Å². The molecule has 0 atom stereocenters. The maximum Gasteiger partial charge on any atom is 0.220 e. The molecule has 1 saturated heterocycles. The van der Waals surface area contributed by atoms with Gasteiger partial charge < -0.3 is 11.1 Å². The zero-order chi connectivity index (χ0) is 11.4. The van der Waals surface area contributed by atoms with Crippen LogP contribution in [-0.4, -0.2) is 30.0 Å². The Bertz CT molecular complexity index is 242. The van der Waals surface area contributed by atoms with Crippen molar-refractivity contribution in [2.45, 2.75) is 44.6 Å². The minimum atomic E-state index is 0.146. The number of nitrogens with one attached hydrogen (secondary N) is 1. The van der Waals surface area contributed by atoms with E-state index in [0.29, 0.717) is 19.0 Å². The summed E-state index contributed by atoms with van der Waals surface area (Å²) >= 11 is 1.99. The van der Waals surface area contributed by atoms with Crippen LogP contribution in [0.25, 0.3) is 0 Å². The fourth-order valence-corrected chi connectivity index (χ4v) is 3.70. The van der Waals surface area contributed by atoms with Crippen molar-refractivity contribution in [3.05, 3.63) is 0 Å². The lowest BCUT2D eigenvalue weighted by Crippen LogP contribution is -2.45. The number of thioether (sulfide) groups is 1. The molecule has 3 nitrogen and oxygen atoms in total. The Morgan fingerprint density at radius 1 is 1.38 bits per heavy atom. The topological polar surface area (TPSA) is 55.1 Å². The molecule has 0 spiro atoms. The summed E-state index contributed by atoms with van der Waals surface area (Å²) in [5, 5.41) is 3.17. The van der Waals surface area contributed by atoms with E-state index < -0.39 is 0 Å². The highest BCUT2D eigenvalue weighted by Crippen LogP contribution is 2.42. The van der Waals surface area contributed by atoms with E-state index in [2.05, 4.69) is 5.32 Å². The van der Waals surface area contributed by atoms with Gasteiger partial charge in [0, 0.05) is 12.5 Å². The summed E-state index contributed by atoms with van der Waals surface area (Å²) in [7, 11) is 0. The second kappa shape index (κ2) is 5.41. The summed E-state index contributed by atoms with van der Waals surface area (Å²) in [5.41, 5.74) is 5.91. The standard InChI is InChI=1S/C12H22N2OS/c13-9-12(4-1-5-12)8-11(15)14-10-2-6-16-7-3-10/h10H,1-9,13H2,(H,14,15). The van der Waals surface area contributed by atoms with E-state index in [-0.39, 0.29) is 11.3 Å². The molecule has 1 aliphatic carbocycles. The van der Waals surface area contributed by atoms with Crippen molar-refractivity contribution in [1.82, 2.24) is 5.32 Å². The lowest BCUT2D eigenvalue weighted by atomic mass is 9.66. The van der Waals surface area contributed by atoms with Gasteiger partial charge in [0.25, 0.3) is 0 Å². The first-order valence-corrected chi connectivity index (χ1v) is 7.47. The first kappa shape index (κ1) is 12.2. The van der Waals surface area contributed by atoms with Crippen LogP contribution in [-0.2, 0) is 4.79 Å². The van der Waals surface area contributed by atoms with Crippen LogP contribution in [0.1, 0.15) is 38.5 Å². The van der Waals surface area contributed by atoms with Crippen LogP contribution in [0.2, 0.25) is 0 Å². The second-order valence-electron chi connectivity index (χ2n) is 5.19. The van der Waals surface area contributed by atoms with Crippen molar-refractivity contribution in [3.8, 4) is 0 Å². The average Bonchev–Trinajstić information content (AvgIpc) is 2.25. The monoisotopic (exact) mass is 242 g/mol. The summed E-state index contributed by atoms with van der Waals surface area (Å²) in [4.78, 5) is 11.9. The average molecular weight is 242 g/mol. The van der Waals surface area contributed by atoms with Gasteiger partial charge in [-0.2, -0.15) is 11.8 Å². The normalized spacial score (nSPS) is 24.8. The number of hydrogen-bond donors (Lipinski definition) is 2. The Kier molecular flexibility index (Phi) is 4.14. The third-order valence-electron chi connectivity index (χ3n) is 3.97. The summed E-state index contributed by atoms with van der Waals surface area (Å²) in [6.45, 7) is 0.668. The number of carbonyl (C=O) groups is 1. The maximum atomic E-state index is 11.9. The SMILES string of the molecule is NCC1(CC(=O)NC2CCSCC2)CCC1. The van der Waals surface area contributed by atoms with Gasteiger partial charge in [0.1, 0.15) is 0 Å². The molecule has 1 heterocycles. The van der Waals surface area contributed by atoms with Crippen molar-refractivity contribution < 1.29 is 4.79 Å². The Morgan fingerprint density at radius 3 is 2.56 bits per heavy atom. The number of nitrogens with two attached hydrogens (primary N) is 1. The highest BCUT2D eigenvalue weighted by atomic mass is 32.2. The second-order valence-corrected chi connectivity index (χ2v) is 6.41. The smallest absolute Gasteiger partial charge is 0.220 e. The molecule has 1 saturated carbocycles. The first-order valence-electron chi connectivity index (χ1n) is 6.31. The quantitative estimate of drug-likeness (QED) is 0.786. The summed E-state index contributed by atoms with van der Waals surface area (Å²) < 4.78 is 0. The van der Waals surface area contributed by atoms with E-state index in [9.17, 15) is 4.79 Å². The zero-order valence-electron chi connectivity index (χ0n) is 9.84. The van der Waals surface area contributed by atoms with Crippen molar-refractivity contribution in [3.63, 3.8) is 0 Å². The molecule has 0 radical (unpaired) electrons. The van der Waals surface area contributed by atoms with E-state index >= 15 is 0 Å². The number of carbonyl (C=O) groups excluding carboxylic acids is 1. The summed E-state index contributed by atoms with van der Waals surface area (Å²) in [6, 6.07) is 0.420. The molecule has 1 amide bonds. The van der Waals surface area contributed by atoms with E-state index in [1.54, 1.807) is 0 Å². The number of hydrogen-bond acceptors (Lipinski definition) is 3. The molecule has 1 aliphatic heterocycles. The first-order chi connectivity index (χ1) is 7.74. The molecule has 0 aromatic heterocycles. The van der Waals surface area contributed by atoms with Crippen LogP contribution in [0.4, 0.5) is 0 Å². The predicted octanol–water partition coefficient (Wildman–Crippen LogP) is 1.52. The molecule has 2 fully saturated rings. The molecule has 0 unspecified atom stereocenters. The van der Waals surface area contributed by atoms with Gasteiger partial charge in [0.05, 0.1) is 0 Å². The number of rotatable bonds is 4. The lowest BCUT2D eigenvalue weighted by molar-refractivity contribution is -0.125. The van der Waals surface area contributed by atoms with Crippen molar-refractivity contribution in [1.29, 1.82) is 0 Å². The molecule has 0 aromatic carbocycles. The predicted molar refractivity (Wildman–Crippen MR) is 68.4 cm³/mol. The fourth-order valence-electron chi connectivity index (χ4n) is 2.59. The van der Waals surface area contributed by atoms with Gasteiger partial charge in [-0.25, -0.2) is 0 Å². The Labute approximate surface area is 102 Å². The Balaban J connectivity index is 1.74. The van der Waals surface area contributed by atoms with Gasteiger partial charge in [-0.3, -0.25) is 4.79 Å². The number of amides is 1. The molecular weight excluding hydrogens is 220 g/mol. The molecule has 0 aromatic rings. The van der Waals surface area contributed by atoms with Crippen LogP contribution < -0.4 is 11.1 Å². The van der Waals surface area contributed by atoms with Crippen molar-refractivity contribution >= 4 is 17.7 Å². The summed E-state index contributed by atoms with van der Waals surface area (Å²) in [5.74, 6) is 2.60. The largest absolute Gasteiger partial charge is 0.353 e.